The Bertz CT molecular complexity index is 99.7. The second-order valence-corrected chi connectivity index (χ2v) is 3.66. The maximum Gasteiger partial charge on any atom is 0.0968 e. The lowest BCUT2D eigenvalue weighted by molar-refractivity contribution is 0.113. The number of thioether (sulfide) groups is 1. The van der Waals surface area contributed by atoms with Gasteiger partial charge in [-0.05, 0) is 0 Å². The van der Waals surface area contributed by atoms with Gasteiger partial charge >= 0.3 is 0 Å². The van der Waals surface area contributed by atoms with Crippen LogP contribution >= 0.6 is 23.4 Å². The van der Waals surface area contributed by atoms with Crippen molar-refractivity contribution in [2.75, 3.05) is 12.4 Å². The first kappa shape index (κ1) is 10.3. The Morgan fingerprint density at radius 3 is 2.70 bits per heavy atom. The van der Waals surface area contributed by atoms with E-state index in [1.165, 1.54) is 11.8 Å². The van der Waals surface area contributed by atoms with Crippen molar-refractivity contribution in [2.45, 2.75) is 10.8 Å². The van der Waals surface area contributed by atoms with Crippen LogP contribution in [0, 0.1) is 0 Å². The highest BCUT2D eigenvalue weighted by Gasteiger charge is 2.04. The zero-order valence-electron chi connectivity index (χ0n) is 5.53. The van der Waals surface area contributed by atoms with Crippen molar-refractivity contribution in [2.24, 2.45) is 0 Å². The number of aliphatic hydroxyl groups is 2. The molecule has 0 radical (unpaired) electrons. The molecule has 2 nitrogen and oxygen atoms in total. The summed E-state index contributed by atoms with van der Waals surface area (Å²) in [6.45, 7) is 3.25. The van der Waals surface area contributed by atoms with Crippen LogP contribution in [0.2, 0.25) is 0 Å². The second kappa shape index (κ2) is 6.04. The highest BCUT2D eigenvalue weighted by Crippen LogP contribution is 2.16. The van der Waals surface area contributed by atoms with Gasteiger partial charge in [0.25, 0.3) is 0 Å². The molecule has 0 saturated heterocycles. The molecule has 0 aromatic heterocycles. The first-order chi connectivity index (χ1) is 4.70. The van der Waals surface area contributed by atoms with Crippen LogP contribution in [0.1, 0.15) is 0 Å². The summed E-state index contributed by atoms with van der Waals surface area (Å²) in [5.41, 5.74) is 0. The summed E-state index contributed by atoms with van der Waals surface area (Å²) in [7, 11) is 0. The molecule has 2 atom stereocenters. The Morgan fingerprint density at radius 1 is 1.70 bits per heavy atom. The van der Waals surface area contributed by atoms with Gasteiger partial charge in [-0.2, -0.15) is 0 Å². The molecule has 0 bridgehead atoms. The third kappa shape index (κ3) is 5.11. The Morgan fingerprint density at radius 2 is 2.30 bits per heavy atom. The summed E-state index contributed by atoms with van der Waals surface area (Å²) in [6, 6.07) is 0. The van der Waals surface area contributed by atoms with Gasteiger partial charge in [-0.25, -0.2) is 0 Å². The van der Waals surface area contributed by atoms with E-state index < -0.39 is 6.10 Å². The molecule has 0 aliphatic carbocycles. The van der Waals surface area contributed by atoms with E-state index in [4.69, 9.17) is 21.8 Å². The molecule has 2 N–H and O–H groups in total. The Hall–Kier alpha value is 0.300. The summed E-state index contributed by atoms with van der Waals surface area (Å²) in [6.07, 6.45) is 0.905. The van der Waals surface area contributed by atoms with E-state index in [0.717, 1.165) is 0 Å². The number of hydrogen-bond acceptors (Lipinski definition) is 3. The van der Waals surface area contributed by atoms with E-state index in [9.17, 15) is 0 Å². The molecule has 0 saturated carbocycles. The molecule has 4 heteroatoms. The van der Waals surface area contributed by atoms with E-state index in [2.05, 4.69) is 6.58 Å². The average molecular weight is 183 g/mol. The van der Waals surface area contributed by atoms with Crippen LogP contribution in [0.15, 0.2) is 12.7 Å². The van der Waals surface area contributed by atoms with Crippen molar-refractivity contribution < 1.29 is 10.2 Å². The zero-order chi connectivity index (χ0) is 7.98. The summed E-state index contributed by atoms with van der Waals surface area (Å²) in [5, 5.41) is 17.2. The molecule has 60 valence electrons. The molecule has 0 amide bonds. The number of hydrogen-bond donors (Lipinski definition) is 2. The van der Waals surface area contributed by atoms with Gasteiger partial charge in [-0.3, -0.25) is 0 Å². The number of halogens is 1. The van der Waals surface area contributed by atoms with Crippen molar-refractivity contribution in [3.63, 3.8) is 0 Å². The fourth-order valence-electron chi connectivity index (χ4n) is 0.324. The Labute approximate surface area is 69.9 Å². The fraction of sp³-hybridized carbons (Fsp3) is 0.667. The average Bonchev–Trinajstić information content (AvgIpc) is 1.99. The van der Waals surface area contributed by atoms with Gasteiger partial charge in [0.05, 0.1) is 17.4 Å². The molecular formula is C6H11ClO2S. The van der Waals surface area contributed by atoms with Gasteiger partial charge in [0.15, 0.2) is 0 Å². The van der Waals surface area contributed by atoms with Crippen molar-refractivity contribution in [3.05, 3.63) is 12.7 Å². The summed E-state index contributed by atoms with van der Waals surface area (Å²) < 4.78 is -0.179. The van der Waals surface area contributed by atoms with Gasteiger partial charge in [-0.1, -0.05) is 6.08 Å². The quantitative estimate of drug-likeness (QED) is 0.489. The summed E-state index contributed by atoms with van der Waals surface area (Å²) in [4.78, 5) is 0. The SMILES string of the molecule is C=CC(Cl)SCC(O)CO. The van der Waals surface area contributed by atoms with Crippen molar-refractivity contribution in [3.8, 4) is 0 Å². The standard InChI is InChI=1S/C6H11ClO2S/c1-2-6(7)10-4-5(9)3-8/h2,5-6,8-9H,1,3-4H2. The molecule has 0 spiro atoms. The lowest BCUT2D eigenvalue weighted by Crippen LogP contribution is -2.15. The topological polar surface area (TPSA) is 40.5 Å². The van der Waals surface area contributed by atoms with Crippen molar-refractivity contribution in [1.82, 2.24) is 0 Å². The van der Waals surface area contributed by atoms with Gasteiger partial charge in [-0.15, -0.1) is 29.9 Å². The molecule has 0 fully saturated rings. The first-order valence-electron chi connectivity index (χ1n) is 2.88. The van der Waals surface area contributed by atoms with Crippen LogP contribution in [0.25, 0.3) is 0 Å². The highest BCUT2D eigenvalue weighted by molar-refractivity contribution is 8.01. The minimum absolute atomic E-state index is 0.179. The van der Waals surface area contributed by atoms with Crippen LogP contribution in [-0.2, 0) is 0 Å². The van der Waals surface area contributed by atoms with E-state index in [-0.39, 0.29) is 11.3 Å². The van der Waals surface area contributed by atoms with Crippen molar-refractivity contribution in [1.29, 1.82) is 0 Å². The predicted octanol–water partition coefficient (Wildman–Crippen LogP) is 0.824. The lowest BCUT2D eigenvalue weighted by atomic mass is 10.4. The van der Waals surface area contributed by atoms with E-state index >= 15 is 0 Å². The number of rotatable bonds is 5. The van der Waals surface area contributed by atoms with Crippen LogP contribution in [0.5, 0.6) is 0 Å². The molecule has 0 heterocycles. The van der Waals surface area contributed by atoms with Crippen molar-refractivity contribution >= 4 is 23.4 Å². The summed E-state index contributed by atoms with van der Waals surface area (Å²) >= 11 is 6.96. The molecule has 0 aliphatic rings. The normalized spacial score (nSPS) is 16.3. The molecule has 0 aromatic rings. The second-order valence-electron chi connectivity index (χ2n) is 1.76. The van der Waals surface area contributed by atoms with Gasteiger partial charge in [0.1, 0.15) is 0 Å². The third-order valence-corrected chi connectivity index (χ3v) is 2.49. The van der Waals surface area contributed by atoms with Crippen LogP contribution in [0.4, 0.5) is 0 Å². The van der Waals surface area contributed by atoms with Crippen LogP contribution in [-0.4, -0.2) is 33.4 Å². The minimum atomic E-state index is -0.675. The largest absolute Gasteiger partial charge is 0.394 e. The molecule has 10 heavy (non-hydrogen) atoms. The molecule has 2 unspecified atom stereocenters. The van der Waals surface area contributed by atoms with E-state index in [1.54, 1.807) is 6.08 Å². The molecule has 0 aromatic carbocycles. The number of aliphatic hydroxyl groups excluding tert-OH is 2. The molecule has 0 rings (SSSR count). The monoisotopic (exact) mass is 182 g/mol. The third-order valence-electron chi connectivity index (χ3n) is 0.844. The number of alkyl halides is 1. The maximum atomic E-state index is 8.84. The van der Waals surface area contributed by atoms with Gasteiger partial charge in [0, 0.05) is 5.75 Å². The molecular weight excluding hydrogens is 172 g/mol. The summed E-state index contributed by atoms with van der Waals surface area (Å²) in [5.74, 6) is 0.441. The molecule has 0 aliphatic heterocycles. The highest BCUT2D eigenvalue weighted by atomic mass is 35.5. The maximum absolute atomic E-state index is 8.84. The first-order valence-corrected chi connectivity index (χ1v) is 4.36. The van der Waals surface area contributed by atoms with E-state index in [0.29, 0.717) is 5.75 Å². The Balaban J connectivity index is 3.25. The zero-order valence-corrected chi connectivity index (χ0v) is 7.11. The fourth-order valence-corrected chi connectivity index (χ4v) is 1.19. The van der Waals surface area contributed by atoms with Gasteiger partial charge in [0.2, 0.25) is 0 Å². The van der Waals surface area contributed by atoms with Crippen LogP contribution in [0.3, 0.4) is 0 Å². The minimum Gasteiger partial charge on any atom is -0.394 e. The lowest BCUT2D eigenvalue weighted by Gasteiger charge is -2.07. The van der Waals surface area contributed by atoms with Crippen LogP contribution < -0.4 is 0 Å². The van der Waals surface area contributed by atoms with Gasteiger partial charge < -0.3 is 10.2 Å². The predicted molar refractivity (Wildman–Crippen MR) is 45.4 cm³/mol. The Kier molecular flexibility index (Phi) is 6.22. The smallest absolute Gasteiger partial charge is 0.0968 e. The van der Waals surface area contributed by atoms with E-state index in [1.807, 2.05) is 0 Å².